The Balaban J connectivity index is 1.41. The smallest absolute Gasteiger partial charge is 0.410 e. The van der Waals surface area contributed by atoms with Gasteiger partial charge in [-0.3, -0.25) is 15.0 Å². The van der Waals surface area contributed by atoms with Crippen LogP contribution in [0.5, 0.6) is 5.75 Å². The van der Waals surface area contributed by atoms with Crippen molar-refractivity contribution in [2.75, 3.05) is 6.54 Å². The highest BCUT2D eigenvalue weighted by Crippen LogP contribution is 2.31. The molecule has 1 aliphatic heterocycles. The van der Waals surface area contributed by atoms with Crippen LogP contribution >= 0.6 is 0 Å². The largest absolute Gasteiger partial charge is 0.415 e. The highest BCUT2D eigenvalue weighted by atomic mass is 16.6. The van der Waals surface area contributed by atoms with Gasteiger partial charge >= 0.3 is 6.09 Å². The number of hydrogen-bond donors (Lipinski definition) is 0. The van der Waals surface area contributed by atoms with E-state index >= 15 is 0 Å². The third-order valence-corrected chi connectivity index (χ3v) is 5.24. The summed E-state index contributed by atoms with van der Waals surface area (Å²) < 4.78 is 10.9. The van der Waals surface area contributed by atoms with E-state index in [1.165, 1.54) is 29.8 Å². The zero-order valence-corrected chi connectivity index (χ0v) is 16.8. The van der Waals surface area contributed by atoms with Crippen molar-refractivity contribution in [3.05, 3.63) is 82.0 Å². The molecule has 1 aromatic heterocycles. The lowest BCUT2D eigenvalue weighted by atomic mass is 10.0. The van der Waals surface area contributed by atoms with Crippen molar-refractivity contribution in [1.82, 2.24) is 15.0 Å². The van der Waals surface area contributed by atoms with Crippen LogP contribution in [0.1, 0.15) is 42.6 Å². The number of aromatic nitrogens is 2. The lowest BCUT2D eigenvalue weighted by Gasteiger charge is -2.32. The fourth-order valence-corrected chi connectivity index (χ4v) is 3.61. The predicted octanol–water partition coefficient (Wildman–Crippen LogP) is 4.49. The maximum absolute atomic E-state index is 12.8. The number of carbonyl (C=O) groups excluding carboxylic acids is 1. The van der Waals surface area contributed by atoms with E-state index in [1.54, 1.807) is 4.90 Å². The lowest BCUT2D eigenvalue weighted by molar-refractivity contribution is -0.384. The molecule has 4 rings (SSSR count). The van der Waals surface area contributed by atoms with E-state index in [4.69, 9.17) is 9.26 Å². The van der Waals surface area contributed by atoms with Crippen molar-refractivity contribution in [3.63, 3.8) is 0 Å². The lowest BCUT2D eigenvalue weighted by Crippen LogP contribution is -2.40. The monoisotopic (exact) mass is 422 g/mol. The molecular formula is C22H22N4O5. The molecule has 2 heterocycles. The number of likely N-dealkylation sites (tertiary alicyclic amines) is 1. The first-order chi connectivity index (χ1) is 15.1. The number of carbonyl (C=O) groups is 1. The minimum atomic E-state index is -0.539. The topological polar surface area (TPSA) is 112 Å². The van der Waals surface area contributed by atoms with Gasteiger partial charge in [0.1, 0.15) is 11.8 Å². The minimum absolute atomic E-state index is 0.0652. The molecule has 1 fully saturated rings. The van der Waals surface area contributed by atoms with Crippen molar-refractivity contribution in [2.45, 2.75) is 38.1 Å². The van der Waals surface area contributed by atoms with Crippen LogP contribution in [0.2, 0.25) is 0 Å². The van der Waals surface area contributed by atoms with Crippen molar-refractivity contribution < 1.29 is 19.0 Å². The van der Waals surface area contributed by atoms with E-state index < -0.39 is 11.0 Å². The number of ether oxygens (including phenoxy) is 1. The Hall–Kier alpha value is -3.75. The van der Waals surface area contributed by atoms with Gasteiger partial charge in [-0.1, -0.05) is 35.5 Å². The molecule has 0 saturated carbocycles. The molecule has 31 heavy (non-hydrogen) atoms. The van der Waals surface area contributed by atoms with Gasteiger partial charge < -0.3 is 9.26 Å². The van der Waals surface area contributed by atoms with Crippen LogP contribution in [0.15, 0.2) is 59.1 Å². The molecule has 0 aliphatic carbocycles. The Labute approximate surface area is 178 Å². The van der Waals surface area contributed by atoms with Crippen LogP contribution < -0.4 is 4.74 Å². The average molecular weight is 422 g/mol. The van der Waals surface area contributed by atoms with Crippen molar-refractivity contribution >= 4 is 11.8 Å². The fraction of sp³-hybridized carbons (Fsp3) is 0.318. The second kappa shape index (κ2) is 9.38. The molecule has 9 heteroatoms. The Kier molecular flexibility index (Phi) is 6.21. The number of nitro groups is 1. The van der Waals surface area contributed by atoms with Crippen molar-refractivity contribution in [2.24, 2.45) is 0 Å². The fourth-order valence-electron chi connectivity index (χ4n) is 3.61. The molecule has 2 aromatic carbocycles. The molecule has 1 amide bonds. The van der Waals surface area contributed by atoms with Gasteiger partial charge in [-0.05, 0) is 43.4 Å². The molecule has 0 radical (unpaired) electrons. The van der Waals surface area contributed by atoms with Gasteiger partial charge in [-0.25, -0.2) is 4.79 Å². The number of piperidine rings is 1. The summed E-state index contributed by atoms with van der Waals surface area (Å²) in [6.07, 6.45) is 3.40. The summed E-state index contributed by atoms with van der Waals surface area (Å²) >= 11 is 0. The highest BCUT2D eigenvalue weighted by Gasteiger charge is 2.33. The second-order valence-electron chi connectivity index (χ2n) is 7.36. The van der Waals surface area contributed by atoms with Gasteiger partial charge in [0.05, 0.1) is 4.92 Å². The van der Waals surface area contributed by atoms with Crippen LogP contribution in [0, 0.1) is 10.1 Å². The Morgan fingerprint density at radius 3 is 2.65 bits per heavy atom. The van der Waals surface area contributed by atoms with Gasteiger partial charge in [0.15, 0.2) is 5.82 Å². The summed E-state index contributed by atoms with van der Waals surface area (Å²) in [4.78, 5) is 29.1. The molecule has 1 aliphatic rings. The first kappa shape index (κ1) is 20.5. The number of amides is 1. The molecule has 3 aromatic rings. The predicted molar refractivity (Wildman–Crippen MR) is 111 cm³/mol. The zero-order valence-electron chi connectivity index (χ0n) is 16.8. The van der Waals surface area contributed by atoms with Gasteiger partial charge in [0, 0.05) is 25.1 Å². The van der Waals surface area contributed by atoms with Crippen LogP contribution in [0.3, 0.4) is 0 Å². The first-order valence-electron chi connectivity index (χ1n) is 10.2. The van der Waals surface area contributed by atoms with E-state index in [2.05, 4.69) is 22.3 Å². The van der Waals surface area contributed by atoms with E-state index in [0.717, 1.165) is 19.3 Å². The Bertz CT molecular complexity index is 1040. The Morgan fingerprint density at radius 2 is 1.90 bits per heavy atom. The summed E-state index contributed by atoms with van der Waals surface area (Å²) in [7, 11) is 0. The minimum Gasteiger partial charge on any atom is -0.410 e. The number of non-ortho nitro benzene ring substituents is 1. The summed E-state index contributed by atoms with van der Waals surface area (Å²) in [6, 6.07) is 15.1. The van der Waals surface area contributed by atoms with Crippen LogP contribution in [0.4, 0.5) is 10.5 Å². The van der Waals surface area contributed by atoms with Gasteiger partial charge in [-0.2, -0.15) is 4.98 Å². The van der Waals surface area contributed by atoms with Crippen LogP contribution in [-0.4, -0.2) is 32.6 Å². The van der Waals surface area contributed by atoms with Gasteiger partial charge in [0.25, 0.3) is 5.69 Å². The summed E-state index contributed by atoms with van der Waals surface area (Å²) in [5.41, 5.74) is 1.13. The van der Waals surface area contributed by atoms with Crippen molar-refractivity contribution in [1.29, 1.82) is 0 Å². The number of rotatable bonds is 6. The number of benzene rings is 2. The molecule has 0 spiro atoms. The van der Waals surface area contributed by atoms with E-state index in [1.807, 2.05) is 18.2 Å². The molecule has 0 bridgehead atoms. The maximum Gasteiger partial charge on any atom is 0.415 e. The van der Waals surface area contributed by atoms with Gasteiger partial charge in [0.2, 0.25) is 5.89 Å². The Morgan fingerprint density at radius 1 is 1.13 bits per heavy atom. The van der Waals surface area contributed by atoms with Crippen LogP contribution in [0.25, 0.3) is 0 Å². The average Bonchev–Trinajstić information content (AvgIpc) is 3.28. The normalized spacial score (nSPS) is 16.1. The van der Waals surface area contributed by atoms with Gasteiger partial charge in [-0.15, -0.1) is 0 Å². The standard InChI is InChI=1S/C22H22N4O5/c27-22(30-18-12-10-17(11-13-18)26(28)29)25-15-5-4-8-19(25)21-23-20(24-31-21)14-9-16-6-2-1-3-7-16/h1-3,6-7,10-13,19H,4-5,8-9,14-15H2/t19-/m0/s1. The molecular weight excluding hydrogens is 400 g/mol. The third kappa shape index (κ3) is 5.06. The maximum atomic E-state index is 12.8. The second-order valence-corrected chi connectivity index (χ2v) is 7.36. The van der Waals surface area contributed by atoms with E-state index in [9.17, 15) is 14.9 Å². The molecule has 160 valence electrons. The first-order valence-corrected chi connectivity index (χ1v) is 10.2. The number of nitrogens with zero attached hydrogens (tertiary/aromatic N) is 4. The molecule has 1 atom stereocenters. The summed E-state index contributed by atoms with van der Waals surface area (Å²) in [6.45, 7) is 0.512. The third-order valence-electron chi connectivity index (χ3n) is 5.24. The van der Waals surface area contributed by atoms with Crippen molar-refractivity contribution in [3.8, 4) is 5.75 Å². The summed E-state index contributed by atoms with van der Waals surface area (Å²) in [5, 5.41) is 14.9. The molecule has 1 saturated heterocycles. The number of nitro benzene ring substituents is 1. The molecule has 9 nitrogen and oxygen atoms in total. The zero-order chi connectivity index (χ0) is 21.6. The molecule has 0 unspecified atom stereocenters. The number of aryl methyl sites for hydroxylation is 2. The highest BCUT2D eigenvalue weighted by molar-refractivity contribution is 5.71. The van der Waals surface area contributed by atoms with Crippen LogP contribution in [-0.2, 0) is 12.8 Å². The van der Waals surface area contributed by atoms with E-state index in [-0.39, 0.29) is 17.5 Å². The number of hydrogen-bond acceptors (Lipinski definition) is 7. The quantitative estimate of drug-likeness (QED) is 0.425. The SMILES string of the molecule is O=C(Oc1ccc([N+](=O)[O-])cc1)N1CCCC[C@H]1c1nc(CCc2ccccc2)no1. The summed E-state index contributed by atoms with van der Waals surface area (Å²) in [5.74, 6) is 1.26. The molecule has 0 N–H and O–H groups in total. The van der Waals surface area contributed by atoms with E-state index in [0.29, 0.717) is 31.1 Å².